The first-order valence-corrected chi connectivity index (χ1v) is 10.5. The van der Waals surface area contributed by atoms with Crippen LogP contribution >= 0.6 is 0 Å². The van der Waals surface area contributed by atoms with Crippen molar-refractivity contribution in [3.05, 3.63) is 45.2 Å². The van der Waals surface area contributed by atoms with Crippen LogP contribution in [0.2, 0.25) is 0 Å². The molecule has 2 aromatic rings. The average molecular weight is 404 g/mol. The molecule has 1 saturated carbocycles. The normalized spacial score (nSPS) is 19.1. The molecule has 0 amide bonds. The molecular weight excluding hydrogens is 378 g/mol. The number of hydrogen-bond donors (Lipinski definition) is 1. The molecule has 4 rings (SSSR count). The van der Waals surface area contributed by atoms with Crippen molar-refractivity contribution in [2.24, 2.45) is 0 Å². The van der Waals surface area contributed by atoms with Crippen LogP contribution in [0.25, 0.3) is 10.9 Å². The molecule has 156 valence electrons. The molecule has 29 heavy (non-hydrogen) atoms. The second-order valence-electron chi connectivity index (χ2n) is 7.96. The van der Waals surface area contributed by atoms with Gasteiger partial charge in [-0.25, -0.2) is 13.6 Å². The van der Waals surface area contributed by atoms with Crippen molar-refractivity contribution in [3.8, 4) is 0 Å². The summed E-state index contributed by atoms with van der Waals surface area (Å²) in [5, 5.41) is 3.46. The zero-order chi connectivity index (χ0) is 20.5. The second kappa shape index (κ2) is 8.22. The molecule has 0 spiro atoms. The highest BCUT2D eigenvalue weighted by molar-refractivity contribution is 5.94. The van der Waals surface area contributed by atoms with E-state index in [1.165, 1.54) is 6.20 Å². The number of esters is 1. The number of fused-ring (bicyclic) bond motifs is 1. The fourth-order valence-electron chi connectivity index (χ4n) is 4.30. The number of hydrogen-bond acceptors (Lipinski definition) is 4. The highest BCUT2D eigenvalue weighted by Crippen LogP contribution is 2.38. The molecule has 1 aromatic carbocycles. The van der Waals surface area contributed by atoms with E-state index in [4.69, 9.17) is 4.74 Å². The quantitative estimate of drug-likeness (QED) is 0.712. The maximum Gasteiger partial charge on any atom is 0.343 e. The first-order valence-electron chi connectivity index (χ1n) is 10.5. The standard InChI is InChI=1S/C22H26F2N2O3/c1-2-29-22(28)17-12-26(14-8-9-14)20-15(7-3-5-13-6-4-10-25-13)19(24)18(23)11-16(20)21(17)27/h11-14,25H,2-10H2,1H3/t13-/m1/s1. The third-order valence-electron chi connectivity index (χ3n) is 5.88. The van der Waals surface area contributed by atoms with Crippen molar-refractivity contribution in [3.63, 3.8) is 0 Å². The second-order valence-corrected chi connectivity index (χ2v) is 7.96. The van der Waals surface area contributed by atoms with E-state index in [2.05, 4.69) is 5.32 Å². The monoisotopic (exact) mass is 404 g/mol. The topological polar surface area (TPSA) is 60.3 Å². The van der Waals surface area contributed by atoms with E-state index in [1.807, 2.05) is 0 Å². The fourth-order valence-corrected chi connectivity index (χ4v) is 4.30. The molecule has 1 N–H and O–H groups in total. The van der Waals surface area contributed by atoms with E-state index in [9.17, 15) is 18.4 Å². The zero-order valence-electron chi connectivity index (χ0n) is 16.6. The summed E-state index contributed by atoms with van der Waals surface area (Å²) >= 11 is 0. The molecule has 5 nitrogen and oxygen atoms in total. The van der Waals surface area contributed by atoms with Crippen molar-refractivity contribution in [2.45, 2.75) is 64.0 Å². The van der Waals surface area contributed by atoms with Crippen LogP contribution in [0.1, 0.15) is 67.4 Å². The van der Waals surface area contributed by atoms with Crippen molar-refractivity contribution in [1.29, 1.82) is 0 Å². The number of nitrogens with one attached hydrogen (secondary N) is 1. The smallest absolute Gasteiger partial charge is 0.343 e. The van der Waals surface area contributed by atoms with Crippen LogP contribution in [0, 0.1) is 11.6 Å². The Bertz CT molecular complexity index is 992. The number of ether oxygens (including phenoxy) is 1. The first kappa shape index (κ1) is 20.0. The molecule has 2 fully saturated rings. The molecule has 2 heterocycles. The molecule has 1 saturated heterocycles. The van der Waals surface area contributed by atoms with E-state index in [-0.39, 0.29) is 29.2 Å². The van der Waals surface area contributed by atoms with Crippen LogP contribution in [0.5, 0.6) is 0 Å². The first-order chi connectivity index (χ1) is 14.0. The molecule has 0 radical (unpaired) electrons. The summed E-state index contributed by atoms with van der Waals surface area (Å²) in [4.78, 5) is 25.2. The molecule has 7 heteroatoms. The molecular formula is C22H26F2N2O3. The maximum atomic E-state index is 14.8. The summed E-state index contributed by atoms with van der Waals surface area (Å²) in [7, 11) is 0. The SMILES string of the molecule is CCOC(=O)c1cn(C2CC2)c2c(CCC[C@@H]3CCCN3)c(F)c(F)cc2c1=O. The van der Waals surface area contributed by atoms with Crippen molar-refractivity contribution in [1.82, 2.24) is 9.88 Å². The summed E-state index contributed by atoms with van der Waals surface area (Å²) in [5.41, 5.74) is -0.0763. The Hall–Kier alpha value is -2.28. The van der Waals surface area contributed by atoms with Crippen LogP contribution in [0.4, 0.5) is 8.78 Å². The van der Waals surface area contributed by atoms with Gasteiger partial charge in [0.1, 0.15) is 5.56 Å². The van der Waals surface area contributed by atoms with Crippen molar-refractivity contribution >= 4 is 16.9 Å². The third-order valence-corrected chi connectivity index (χ3v) is 5.88. The third kappa shape index (κ3) is 3.92. The van der Waals surface area contributed by atoms with Gasteiger partial charge >= 0.3 is 5.97 Å². The number of rotatable bonds is 7. The van der Waals surface area contributed by atoms with Crippen LogP contribution in [0.15, 0.2) is 17.1 Å². The Morgan fingerprint density at radius 3 is 2.76 bits per heavy atom. The molecule has 0 unspecified atom stereocenters. The average Bonchev–Trinajstić information content (AvgIpc) is 3.41. The number of halogens is 2. The molecule has 1 atom stereocenters. The van der Waals surface area contributed by atoms with Gasteiger partial charge in [-0.15, -0.1) is 0 Å². The Balaban J connectivity index is 1.79. The Morgan fingerprint density at radius 2 is 2.10 bits per heavy atom. The predicted octanol–water partition coefficient (Wildman–Crippen LogP) is 3.87. The molecule has 1 aromatic heterocycles. The molecule has 2 aliphatic rings. The van der Waals surface area contributed by atoms with Gasteiger partial charge in [0.15, 0.2) is 11.6 Å². The van der Waals surface area contributed by atoms with Gasteiger partial charge < -0.3 is 14.6 Å². The Kier molecular flexibility index (Phi) is 5.67. The van der Waals surface area contributed by atoms with Gasteiger partial charge in [0.2, 0.25) is 5.43 Å². The Labute approximate surface area is 168 Å². The van der Waals surface area contributed by atoms with Gasteiger partial charge in [-0.1, -0.05) is 0 Å². The number of pyridine rings is 1. The molecule has 0 bridgehead atoms. The summed E-state index contributed by atoms with van der Waals surface area (Å²) in [5.74, 6) is -2.67. The van der Waals surface area contributed by atoms with Gasteiger partial charge in [-0.2, -0.15) is 0 Å². The van der Waals surface area contributed by atoms with Crippen LogP contribution < -0.4 is 10.7 Å². The lowest BCUT2D eigenvalue weighted by atomic mass is 9.99. The van der Waals surface area contributed by atoms with Gasteiger partial charge in [-0.05, 0) is 64.5 Å². The van der Waals surface area contributed by atoms with Gasteiger partial charge in [0, 0.05) is 29.2 Å². The Morgan fingerprint density at radius 1 is 1.31 bits per heavy atom. The fraction of sp³-hybridized carbons (Fsp3) is 0.545. The lowest BCUT2D eigenvalue weighted by Gasteiger charge is -2.17. The van der Waals surface area contributed by atoms with E-state index in [1.54, 1.807) is 11.5 Å². The lowest BCUT2D eigenvalue weighted by molar-refractivity contribution is 0.0524. The summed E-state index contributed by atoms with van der Waals surface area (Å²) in [6, 6.07) is 1.43. The highest BCUT2D eigenvalue weighted by atomic mass is 19.2. The lowest BCUT2D eigenvalue weighted by Crippen LogP contribution is -2.23. The molecule has 1 aliphatic heterocycles. The molecule has 1 aliphatic carbocycles. The maximum absolute atomic E-state index is 14.8. The largest absolute Gasteiger partial charge is 0.462 e. The minimum atomic E-state index is -1.05. The number of aryl methyl sites for hydroxylation is 1. The summed E-state index contributed by atoms with van der Waals surface area (Å²) in [6.45, 7) is 2.79. The predicted molar refractivity (Wildman–Crippen MR) is 106 cm³/mol. The number of benzene rings is 1. The van der Waals surface area contributed by atoms with E-state index >= 15 is 0 Å². The van der Waals surface area contributed by atoms with Gasteiger partial charge in [-0.3, -0.25) is 4.79 Å². The van der Waals surface area contributed by atoms with Crippen LogP contribution in [-0.4, -0.2) is 29.7 Å². The minimum absolute atomic E-state index is 0.0512. The number of nitrogens with zero attached hydrogens (tertiary/aromatic N) is 1. The number of carbonyl (C=O) groups is 1. The number of aromatic nitrogens is 1. The van der Waals surface area contributed by atoms with Gasteiger partial charge in [0.25, 0.3) is 0 Å². The van der Waals surface area contributed by atoms with Crippen LogP contribution in [-0.2, 0) is 11.2 Å². The zero-order valence-corrected chi connectivity index (χ0v) is 16.6. The van der Waals surface area contributed by atoms with Crippen molar-refractivity contribution < 1.29 is 18.3 Å². The highest BCUT2D eigenvalue weighted by Gasteiger charge is 2.30. The van der Waals surface area contributed by atoms with E-state index in [0.29, 0.717) is 24.4 Å². The van der Waals surface area contributed by atoms with Crippen molar-refractivity contribution in [2.75, 3.05) is 13.2 Å². The summed E-state index contributed by atoms with van der Waals surface area (Å²) < 4.78 is 36.0. The van der Waals surface area contributed by atoms with Crippen LogP contribution in [0.3, 0.4) is 0 Å². The number of carbonyl (C=O) groups excluding carboxylic acids is 1. The van der Waals surface area contributed by atoms with Gasteiger partial charge in [0.05, 0.1) is 12.1 Å². The van der Waals surface area contributed by atoms with E-state index in [0.717, 1.165) is 44.7 Å². The van der Waals surface area contributed by atoms with E-state index < -0.39 is 23.0 Å². The minimum Gasteiger partial charge on any atom is -0.462 e. The summed E-state index contributed by atoms with van der Waals surface area (Å²) in [6.07, 6.45) is 7.40.